The lowest BCUT2D eigenvalue weighted by Gasteiger charge is -2.21. The van der Waals surface area contributed by atoms with Gasteiger partial charge in [-0.1, -0.05) is 52.8 Å². The molecule has 2 heterocycles. The number of benzene rings is 2. The Morgan fingerprint density at radius 3 is 2.56 bits per heavy atom. The summed E-state index contributed by atoms with van der Waals surface area (Å²) in [7, 11) is 5.29. The predicted molar refractivity (Wildman–Crippen MR) is 134 cm³/mol. The number of aromatic nitrogens is 2. The predicted octanol–water partition coefficient (Wildman–Crippen LogP) is 2.89. The van der Waals surface area contributed by atoms with E-state index in [1.807, 2.05) is 73.6 Å². The summed E-state index contributed by atoms with van der Waals surface area (Å²) >= 11 is 0. The second-order valence-corrected chi connectivity index (χ2v) is 8.82. The standard InChI is InChI=1S/C26H30N6O4/c1-31(2)14-13-24(33)27-16-23-28-25(36-30-23)22-15-21(29-35-3)17-32(22)26(34)20-11-9-19(10-12-20)18-7-5-4-6-8-18/h4-12,22H,13-17H2,1-3H3,(H,27,33)/b29-21+/t22-/m0/s1. The van der Waals surface area contributed by atoms with Gasteiger partial charge in [-0.3, -0.25) is 9.59 Å². The zero-order valence-electron chi connectivity index (χ0n) is 20.7. The van der Waals surface area contributed by atoms with Gasteiger partial charge in [0.25, 0.3) is 5.91 Å². The summed E-state index contributed by atoms with van der Waals surface area (Å²) < 4.78 is 5.49. The maximum Gasteiger partial charge on any atom is 0.254 e. The molecule has 0 unspecified atom stereocenters. The van der Waals surface area contributed by atoms with Crippen LogP contribution >= 0.6 is 0 Å². The second kappa shape index (κ2) is 11.6. The van der Waals surface area contributed by atoms with Crippen molar-refractivity contribution in [1.29, 1.82) is 0 Å². The van der Waals surface area contributed by atoms with Gasteiger partial charge in [-0.2, -0.15) is 4.98 Å². The Bertz CT molecular complexity index is 1210. The molecule has 10 heteroatoms. The molecule has 1 saturated heterocycles. The topological polar surface area (TPSA) is 113 Å². The molecule has 1 fully saturated rings. The molecule has 10 nitrogen and oxygen atoms in total. The number of nitrogens with one attached hydrogen (secondary N) is 1. The molecule has 2 aromatic carbocycles. The first-order valence-electron chi connectivity index (χ1n) is 11.7. The van der Waals surface area contributed by atoms with Crippen LogP contribution in [-0.2, 0) is 16.2 Å². The highest BCUT2D eigenvalue weighted by Gasteiger charge is 2.38. The molecule has 1 aliphatic heterocycles. The Kier molecular flexibility index (Phi) is 8.06. The molecule has 1 atom stereocenters. The quantitative estimate of drug-likeness (QED) is 0.459. The molecule has 0 bridgehead atoms. The van der Waals surface area contributed by atoms with E-state index in [2.05, 4.69) is 20.6 Å². The SMILES string of the molecule is CO/N=C1\C[C@@H](c2nc(CNC(=O)CCN(C)C)no2)N(C(=O)c2ccc(-c3ccccc3)cc2)C1. The number of nitrogens with zero attached hydrogens (tertiary/aromatic N) is 5. The molecule has 1 aromatic heterocycles. The first kappa shape index (κ1) is 25.1. The number of oxime groups is 1. The molecule has 0 radical (unpaired) electrons. The van der Waals surface area contributed by atoms with Crippen molar-refractivity contribution in [2.45, 2.75) is 25.4 Å². The van der Waals surface area contributed by atoms with Crippen LogP contribution in [0.1, 0.15) is 41.0 Å². The number of carbonyl (C=O) groups is 2. The fourth-order valence-corrected chi connectivity index (χ4v) is 4.00. The van der Waals surface area contributed by atoms with Crippen LogP contribution < -0.4 is 5.32 Å². The van der Waals surface area contributed by atoms with Crippen LogP contribution in [0.4, 0.5) is 0 Å². The van der Waals surface area contributed by atoms with Crippen molar-refractivity contribution in [3.63, 3.8) is 0 Å². The van der Waals surface area contributed by atoms with Gasteiger partial charge in [-0.05, 0) is 37.4 Å². The Hall–Kier alpha value is -4.05. The Balaban J connectivity index is 1.47. The minimum Gasteiger partial charge on any atom is -0.399 e. The van der Waals surface area contributed by atoms with E-state index in [-0.39, 0.29) is 24.9 Å². The van der Waals surface area contributed by atoms with Gasteiger partial charge in [0, 0.05) is 24.9 Å². The minimum absolute atomic E-state index is 0.0961. The maximum absolute atomic E-state index is 13.5. The van der Waals surface area contributed by atoms with E-state index in [1.165, 1.54) is 7.11 Å². The lowest BCUT2D eigenvalue weighted by Crippen LogP contribution is -2.31. The number of likely N-dealkylation sites (tertiary alicyclic amines) is 1. The fourth-order valence-electron chi connectivity index (χ4n) is 4.00. The normalized spacial score (nSPS) is 16.5. The Morgan fingerprint density at radius 2 is 1.86 bits per heavy atom. The van der Waals surface area contributed by atoms with Gasteiger partial charge in [0.1, 0.15) is 13.2 Å². The zero-order valence-corrected chi connectivity index (χ0v) is 20.7. The summed E-state index contributed by atoms with van der Waals surface area (Å²) in [5, 5.41) is 10.8. The van der Waals surface area contributed by atoms with Gasteiger partial charge < -0.3 is 24.5 Å². The first-order valence-corrected chi connectivity index (χ1v) is 11.7. The van der Waals surface area contributed by atoms with Crippen LogP contribution in [0.3, 0.4) is 0 Å². The fraction of sp³-hybridized carbons (Fsp3) is 0.346. The van der Waals surface area contributed by atoms with Crippen LogP contribution in [0.25, 0.3) is 11.1 Å². The third-order valence-corrected chi connectivity index (χ3v) is 5.88. The van der Waals surface area contributed by atoms with E-state index in [0.29, 0.717) is 42.4 Å². The molecule has 4 rings (SSSR count). The largest absolute Gasteiger partial charge is 0.399 e. The number of amides is 2. The van der Waals surface area contributed by atoms with Crippen molar-refractivity contribution in [1.82, 2.24) is 25.3 Å². The van der Waals surface area contributed by atoms with E-state index < -0.39 is 6.04 Å². The molecule has 1 aliphatic rings. The van der Waals surface area contributed by atoms with Gasteiger partial charge in [0.2, 0.25) is 11.8 Å². The van der Waals surface area contributed by atoms with Crippen LogP contribution in [0.5, 0.6) is 0 Å². The summed E-state index contributed by atoms with van der Waals surface area (Å²) in [5.74, 6) is 0.377. The van der Waals surface area contributed by atoms with E-state index in [4.69, 9.17) is 9.36 Å². The molecule has 0 spiro atoms. The summed E-state index contributed by atoms with van der Waals surface area (Å²) in [5.41, 5.74) is 3.36. The number of carbonyl (C=O) groups excluding carboxylic acids is 2. The Morgan fingerprint density at radius 1 is 1.14 bits per heavy atom. The molecule has 2 amide bonds. The van der Waals surface area contributed by atoms with Gasteiger partial charge in [-0.25, -0.2) is 0 Å². The average molecular weight is 491 g/mol. The molecular formula is C26H30N6O4. The Labute approximate surface area is 209 Å². The molecule has 188 valence electrons. The van der Waals surface area contributed by atoms with Crippen LogP contribution in [0, 0.1) is 0 Å². The van der Waals surface area contributed by atoms with E-state index in [0.717, 1.165) is 11.1 Å². The van der Waals surface area contributed by atoms with Crippen molar-refractivity contribution in [3.05, 3.63) is 71.9 Å². The number of rotatable bonds is 9. The molecule has 0 saturated carbocycles. The monoisotopic (exact) mass is 490 g/mol. The molecule has 1 N–H and O–H groups in total. The van der Waals surface area contributed by atoms with Crippen LogP contribution in [-0.4, -0.2) is 71.8 Å². The van der Waals surface area contributed by atoms with Crippen molar-refractivity contribution in [2.75, 3.05) is 34.3 Å². The van der Waals surface area contributed by atoms with Crippen molar-refractivity contribution < 1.29 is 18.9 Å². The van der Waals surface area contributed by atoms with Gasteiger partial charge in [0.15, 0.2) is 5.82 Å². The minimum atomic E-state index is -0.481. The average Bonchev–Trinajstić information content (AvgIpc) is 3.54. The summed E-state index contributed by atoms with van der Waals surface area (Å²) in [6, 6.07) is 17.0. The van der Waals surface area contributed by atoms with Gasteiger partial charge >= 0.3 is 0 Å². The lowest BCUT2D eigenvalue weighted by atomic mass is 10.0. The van der Waals surface area contributed by atoms with Crippen LogP contribution in [0.15, 0.2) is 64.3 Å². The van der Waals surface area contributed by atoms with Gasteiger partial charge in [-0.15, -0.1) is 0 Å². The lowest BCUT2D eigenvalue weighted by molar-refractivity contribution is -0.121. The maximum atomic E-state index is 13.5. The van der Waals surface area contributed by atoms with Crippen LogP contribution in [0.2, 0.25) is 0 Å². The van der Waals surface area contributed by atoms with Crippen molar-refractivity contribution in [2.24, 2.45) is 5.16 Å². The third kappa shape index (κ3) is 6.14. The van der Waals surface area contributed by atoms with Gasteiger partial charge in [0.05, 0.1) is 18.8 Å². The molecule has 36 heavy (non-hydrogen) atoms. The van der Waals surface area contributed by atoms with E-state index >= 15 is 0 Å². The second-order valence-electron chi connectivity index (χ2n) is 8.82. The smallest absolute Gasteiger partial charge is 0.254 e. The zero-order chi connectivity index (χ0) is 25.5. The number of hydrogen-bond donors (Lipinski definition) is 1. The highest BCUT2D eigenvalue weighted by molar-refractivity contribution is 6.00. The highest BCUT2D eigenvalue weighted by atomic mass is 16.6. The summed E-state index contributed by atoms with van der Waals surface area (Å²) in [6.45, 7) is 1.09. The third-order valence-electron chi connectivity index (χ3n) is 5.88. The highest BCUT2D eigenvalue weighted by Crippen LogP contribution is 2.32. The van der Waals surface area contributed by atoms with E-state index in [9.17, 15) is 9.59 Å². The molecule has 3 aromatic rings. The number of hydrogen-bond acceptors (Lipinski definition) is 8. The van der Waals surface area contributed by atoms with Crippen molar-refractivity contribution in [3.8, 4) is 11.1 Å². The summed E-state index contributed by atoms with van der Waals surface area (Å²) in [4.78, 5) is 38.4. The molecule has 0 aliphatic carbocycles. The summed E-state index contributed by atoms with van der Waals surface area (Å²) in [6.07, 6.45) is 0.793. The first-order chi connectivity index (χ1) is 17.4. The molecular weight excluding hydrogens is 460 g/mol. The van der Waals surface area contributed by atoms with Crippen molar-refractivity contribution >= 4 is 17.5 Å². The van der Waals surface area contributed by atoms with E-state index in [1.54, 1.807) is 4.90 Å².